The minimum Gasteiger partial charge on any atom is -0.349 e. The fourth-order valence-corrected chi connectivity index (χ4v) is 3.94. The Hall–Kier alpha value is -2.62. The first-order valence-electron chi connectivity index (χ1n) is 11.0. The van der Waals surface area contributed by atoms with Gasteiger partial charge in [-0.1, -0.05) is 63.2 Å². The van der Waals surface area contributed by atoms with Crippen LogP contribution in [0.5, 0.6) is 0 Å². The van der Waals surface area contributed by atoms with Crippen molar-refractivity contribution in [3.8, 4) is 0 Å². The van der Waals surface area contributed by atoms with E-state index in [1.807, 2.05) is 36.1 Å². The van der Waals surface area contributed by atoms with Crippen molar-refractivity contribution in [2.45, 2.75) is 64.8 Å². The minimum atomic E-state index is -0.0171. The van der Waals surface area contributed by atoms with Crippen LogP contribution in [0.2, 0.25) is 0 Å². The van der Waals surface area contributed by atoms with E-state index in [1.165, 1.54) is 11.1 Å². The average molecular weight is 407 g/mol. The lowest BCUT2D eigenvalue weighted by atomic mass is 9.86. The lowest BCUT2D eigenvalue weighted by Crippen LogP contribution is -2.46. The van der Waals surface area contributed by atoms with Crippen LogP contribution in [-0.2, 0) is 16.6 Å². The first-order chi connectivity index (χ1) is 14.2. The molecule has 1 N–H and O–H groups in total. The lowest BCUT2D eigenvalue weighted by Gasteiger charge is -2.32. The maximum absolute atomic E-state index is 12.6. The SMILES string of the molecule is Cc1ccccc1C(=O)NC1CCN(C(=O)CCc2ccc(C(C)(C)C)cc2)CC1. The molecule has 30 heavy (non-hydrogen) atoms. The third kappa shape index (κ3) is 5.71. The van der Waals surface area contributed by atoms with Gasteiger partial charge in [-0.2, -0.15) is 0 Å². The monoisotopic (exact) mass is 406 g/mol. The van der Waals surface area contributed by atoms with Crippen molar-refractivity contribution in [1.82, 2.24) is 10.2 Å². The Morgan fingerprint density at radius 3 is 2.23 bits per heavy atom. The molecule has 1 saturated heterocycles. The van der Waals surface area contributed by atoms with Crippen LogP contribution in [-0.4, -0.2) is 35.8 Å². The molecule has 0 unspecified atom stereocenters. The number of piperidine rings is 1. The fraction of sp³-hybridized carbons (Fsp3) is 0.462. The standard InChI is InChI=1S/C26H34N2O2/c1-19-7-5-6-8-23(19)25(30)27-22-15-17-28(18-16-22)24(29)14-11-20-9-12-21(13-10-20)26(2,3)4/h5-10,12-13,22H,11,14-18H2,1-4H3,(H,27,30). The van der Waals surface area contributed by atoms with Crippen molar-refractivity contribution in [3.05, 3.63) is 70.8 Å². The molecule has 0 bridgehead atoms. The Kier molecular flexibility index (Phi) is 6.96. The largest absolute Gasteiger partial charge is 0.349 e. The van der Waals surface area contributed by atoms with Gasteiger partial charge in [-0.15, -0.1) is 0 Å². The van der Waals surface area contributed by atoms with Crippen LogP contribution < -0.4 is 5.32 Å². The summed E-state index contributed by atoms with van der Waals surface area (Å²) in [6.07, 6.45) is 2.93. The number of hydrogen-bond donors (Lipinski definition) is 1. The number of rotatable bonds is 5. The van der Waals surface area contributed by atoms with E-state index in [4.69, 9.17) is 0 Å². The molecule has 2 amide bonds. The van der Waals surface area contributed by atoms with Crippen LogP contribution >= 0.6 is 0 Å². The molecule has 0 saturated carbocycles. The Bertz CT molecular complexity index is 873. The predicted octanol–water partition coefficient (Wildman–Crippen LogP) is 4.65. The molecule has 0 radical (unpaired) electrons. The zero-order valence-electron chi connectivity index (χ0n) is 18.7. The number of benzene rings is 2. The Morgan fingerprint density at radius 1 is 1.00 bits per heavy atom. The summed E-state index contributed by atoms with van der Waals surface area (Å²) in [5, 5.41) is 3.13. The van der Waals surface area contributed by atoms with Gasteiger partial charge >= 0.3 is 0 Å². The maximum Gasteiger partial charge on any atom is 0.251 e. The van der Waals surface area contributed by atoms with E-state index < -0.39 is 0 Å². The van der Waals surface area contributed by atoms with E-state index in [0.717, 1.165) is 30.4 Å². The van der Waals surface area contributed by atoms with Gasteiger partial charge in [0.1, 0.15) is 0 Å². The van der Waals surface area contributed by atoms with Crippen LogP contribution in [0.3, 0.4) is 0 Å². The highest BCUT2D eigenvalue weighted by molar-refractivity contribution is 5.95. The smallest absolute Gasteiger partial charge is 0.251 e. The normalized spacial score (nSPS) is 15.1. The van der Waals surface area contributed by atoms with Gasteiger partial charge in [0.2, 0.25) is 5.91 Å². The summed E-state index contributed by atoms with van der Waals surface area (Å²) in [4.78, 5) is 27.1. The molecule has 4 heteroatoms. The summed E-state index contributed by atoms with van der Waals surface area (Å²) < 4.78 is 0. The molecule has 0 atom stereocenters. The van der Waals surface area contributed by atoms with Crippen LogP contribution in [0, 0.1) is 6.92 Å². The highest BCUT2D eigenvalue weighted by Crippen LogP contribution is 2.22. The molecule has 2 aromatic carbocycles. The Balaban J connectivity index is 1.44. The number of aryl methyl sites for hydroxylation is 2. The highest BCUT2D eigenvalue weighted by atomic mass is 16.2. The third-order valence-electron chi connectivity index (χ3n) is 6.02. The van der Waals surface area contributed by atoms with Gasteiger partial charge in [0.15, 0.2) is 0 Å². The molecule has 1 aliphatic rings. The number of nitrogens with zero attached hydrogens (tertiary/aromatic N) is 1. The van der Waals surface area contributed by atoms with E-state index in [1.54, 1.807) is 0 Å². The molecular weight excluding hydrogens is 372 g/mol. The van der Waals surface area contributed by atoms with Gasteiger partial charge in [0.05, 0.1) is 0 Å². The predicted molar refractivity (Wildman–Crippen MR) is 122 cm³/mol. The minimum absolute atomic E-state index is 0.0171. The number of likely N-dealkylation sites (tertiary alicyclic amines) is 1. The topological polar surface area (TPSA) is 49.4 Å². The number of nitrogens with one attached hydrogen (secondary N) is 1. The molecule has 160 valence electrons. The second-order valence-corrected chi connectivity index (χ2v) is 9.39. The van der Waals surface area contributed by atoms with Crippen molar-refractivity contribution in [2.24, 2.45) is 0 Å². The average Bonchev–Trinajstić information content (AvgIpc) is 2.72. The first-order valence-corrected chi connectivity index (χ1v) is 11.0. The summed E-state index contributed by atoms with van der Waals surface area (Å²) in [6, 6.07) is 16.4. The second-order valence-electron chi connectivity index (χ2n) is 9.39. The Labute approximate surface area is 180 Å². The maximum atomic E-state index is 12.6. The van der Waals surface area contributed by atoms with Crippen molar-refractivity contribution >= 4 is 11.8 Å². The quantitative estimate of drug-likeness (QED) is 0.786. The molecule has 1 aliphatic heterocycles. The van der Waals surface area contributed by atoms with Crippen LogP contribution in [0.25, 0.3) is 0 Å². The van der Waals surface area contributed by atoms with Gasteiger partial charge in [-0.05, 0) is 54.4 Å². The Morgan fingerprint density at radius 2 is 1.63 bits per heavy atom. The lowest BCUT2D eigenvalue weighted by molar-refractivity contribution is -0.132. The van der Waals surface area contributed by atoms with Crippen LogP contribution in [0.4, 0.5) is 0 Å². The van der Waals surface area contributed by atoms with Gasteiger partial charge in [0, 0.05) is 31.1 Å². The van der Waals surface area contributed by atoms with Crippen LogP contribution in [0.1, 0.15) is 67.1 Å². The molecule has 0 spiro atoms. The van der Waals surface area contributed by atoms with Crippen molar-refractivity contribution in [2.75, 3.05) is 13.1 Å². The number of carbonyl (C=O) groups excluding carboxylic acids is 2. The molecule has 0 aliphatic carbocycles. The summed E-state index contributed by atoms with van der Waals surface area (Å²) >= 11 is 0. The summed E-state index contributed by atoms with van der Waals surface area (Å²) in [5.74, 6) is 0.190. The number of amides is 2. The molecule has 4 nitrogen and oxygen atoms in total. The summed E-state index contributed by atoms with van der Waals surface area (Å²) in [6.45, 7) is 9.99. The molecular formula is C26H34N2O2. The van der Waals surface area contributed by atoms with E-state index in [-0.39, 0.29) is 23.3 Å². The fourth-order valence-electron chi connectivity index (χ4n) is 3.94. The third-order valence-corrected chi connectivity index (χ3v) is 6.02. The van der Waals surface area contributed by atoms with Crippen molar-refractivity contribution in [1.29, 1.82) is 0 Å². The second kappa shape index (κ2) is 9.46. The summed E-state index contributed by atoms with van der Waals surface area (Å²) in [5.41, 5.74) is 4.38. The van der Waals surface area contributed by atoms with E-state index >= 15 is 0 Å². The van der Waals surface area contributed by atoms with Gasteiger partial charge in [-0.3, -0.25) is 9.59 Å². The molecule has 3 rings (SSSR count). The van der Waals surface area contributed by atoms with Crippen LogP contribution in [0.15, 0.2) is 48.5 Å². The first kappa shape index (κ1) is 22.1. The summed E-state index contributed by atoms with van der Waals surface area (Å²) in [7, 11) is 0. The zero-order valence-corrected chi connectivity index (χ0v) is 18.7. The highest BCUT2D eigenvalue weighted by Gasteiger charge is 2.24. The number of carbonyl (C=O) groups is 2. The zero-order chi connectivity index (χ0) is 21.7. The van der Waals surface area contributed by atoms with E-state index in [2.05, 4.69) is 50.4 Å². The molecule has 1 fully saturated rings. The van der Waals surface area contributed by atoms with Crippen molar-refractivity contribution < 1.29 is 9.59 Å². The number of hydrogen-bond acceptors (Lipinski definition) is 2. The van der Waals surface area contributed by atoms with E-state index in [9.17, 15) is 9.59 Å². The molecule has 2 aromatic rings. The molecule has 1 heterocycles. The van der Waals surface area contributed by atoms with Gasteiger partial charge in [-0.25, -0.2) is 0 Å². The van der Waals surface area contributed by atoms with E-state index in [0.29, 0.717) is 19.5 Å². The molecule has 0 aromatic heterocycles. The van der Waals surface area contributed by atoms with Crippen molar-refractivity contribution in [3.63, 3.8) is 0 Å². The van der Waals surface area contributed by atoms with Gasteiger partial charge in [0.25, 0.3) is 5.91 Å². The van der Waals surface area contributed by atoms with Gasteiger partial charge < -0.3 is 10.2 Å².